The summed E-state index contributed by atoms with van der Waals surface area (Å²) < 4.78 is 12.4. The fourth-order valence-electron chi connectivity index (χ4n) is 5.49. The number of allylic oxidation sites excluding steroid dienone is 1. The second kappa shape index (κ2) is 11.4. The van der Waals surface area contributed by atoms with Gasteiger partial charge in [0.05, 0.1) is 12.2 Å². The van der Waals surface area contributed by atoms with Gasteiger partial charge in [-0.05, 0) is 83.3 Å². The molecular formula is C31H28Cl2FNO3. The van der Waals surface area contributed by atoms with Crippen molar-refractivity contribution in [2.75, 3.05) is 26.3 Å². The number of fused-ring (bicyclic) bond motifs is 1. The molecule has 3 aromatic rings. The molecule has 7 heteroatoms. The van der Waals surface area contributed by atoms with Gasteiger partial charge in [-0.25, -0.2) is 4.79 Å². The van der Waals surface area contributed by atoms with E-state index < -0.39 is 5.97 Å². The molecule has 38 heavy (non-hydrogen) atoms. The summed E-state index contributed by atoms with van der Waals surface area (Å²) in [7, 11) is 0. The SMILES string of the molecule is O=C(O)c1ccc2c(c1)CCCC(c1ccc(Cl)cc1Cl)=C2c1ccc(C(=O)C2CN(CCCF)C2)cc1. The molecule has 0 aromatic heterocycles. The van der Waals surface area contributed by atoms with Crippen LogP contribution in [-0.4, -0.2) is 48.1 Å². The van der Waals surface area contributed by atoms with Crippen LogP contribution in [-0.2, 0) is 6.42 Å². The number of nitrogens with zero attached hydrogens (tertiary/aromatic N) is 1. The van der Waals surface area contributed by atoms with Crippen LogP contribution in [0.3, 0.4) is 0 Å². The van der Waals surface area contributed by atoms with Crippen molar-refractivity contribution in [1.29, 1.82) is 0 Å². The van der Waals surface area contributed by atoms with E-state index >= 15 is 0 Å². The van der Waals surface area contributed by atoms with Gasteiger partial charge in [0, 0.05) is 41.2 Å². The molecule has 0 amide bonds. The Balaban J connectivity index is 1.54. The number of alkyl halides is 1. The molecule has 0 spiro atoms. The van der Waals surface area contributed by atoms with E-state index in [1.54, 1.807) is 18.2 Å². The molecular weight excluding hydrogens is 524 g/mol. The predicted molar refractivity (Wildman–Crippen MR) is 150 cm³/mol. The Kier molecular flexibility index (Phi) is 7.98. The van der Waals surface area contributed by atoms with E-state index in [-0.39, 0.29) is 23.9 Å². The third kappa shape index (κ3) is 5.42. The number of aryl methyl sites for hydroxylation is 1. The lowest BCUT2D eigenvalue weighted by Gasteiger charge is -2.38. The Labute approximate surface area is 231 Å². The van der Waals surface area contributed by atoms with Crippen LogP contribution in [0.4, 0.5) is 4.39 Å². The van der Waals surface area contributed by atoms with Gasteiger partial charge in [0.1, 0.15) is 0 Å². The number of hydrogen-bond donors (Lipinski definition) is 1. The molecule has 0 saturated carbocycles. The Morgan fingerprint density at radius 2 is 1.63 bits per heavy atom. The molecule has 1 aliphatic heterocycles. The van der Waals surface area contributed by atoms with Gasteiger partial charge in [-0.1, -0.05) is 59.6 Å². The predicted octanol–water partition coefficient (Wildman–Crippen LogP) is 7.46. The zero-order valence-electron chi connectivity index (χ0n) is 20.9. The number of hydrogen-bond acceptors (Lipinski definition) is 3. The smallest absolute Gasteiger partial charge is 0.335 e. The van der Waals surface area contributed by atoms with Crippen molar-refractivity contribution >= 4 is 46.1 Å². The summed E-state index contributed by atoms with van der Waals surface area (Å²) in [5.41, 5.74) is 6.74. The van der Waals surface area contributed by atoms with Crippen molar-refractivity contribution in [3.63, 3.8) is 0 Å². The van der Waals surface area contributed by atoms with Gasteiger partial charge >= 0.3 is 5.97 Å². The second-order valence-electron chi connectivity index (χ2n) is 9.95. The Bertz CT molecular complexity index is 1410. The molecule has 5 rings (SSSR count). The highest BCUT2D eigenvalue weighted by molar-refractivity contribution is 6.36. The Hall–Kier alpha value is -2.99. The van der Waals surface area contributed by atoms with E-state index in [0.29, 0.717) is 41.7 Å². The van der Waals surface area contributed by atoms with Gasteiger partial charge in [0.2, 0.25) is 0 Å². The van der Waals surface area contributed by atoms with Crippen molar-refractivity contribution in [2.45, 2.75) is 25.7 Å². The average Bonchev–Trinajstić information content (AvgIpc) is 3.07. The van der Waals surface area contributed by atoms with E-state index in [1.165, 1.54) is 0 Å². The van der Waals surface area contributed by atoms with Crippen molar-refractivity contribution < 1.29 is 19.1 Å². The van der Waals surface area contributed by atoms with Crippen LogP contribution in [0.1, 0.15) is 62.2 Å². The number of carbonyl (C=O) groups excluding carboxylic acids is 1. The number of benzene rings is 3. The minimum Gasteiger partial charge on any atom is -0.478 e. The first-order chi connectivity index (χ1) is 18.4. The molecule has 1 saturated heterocycles. The summed E-state index contributed by atoms with van der Waals surface area (Å²) in [6.45, 7) is 1.69. The van der Waals surface area contributed by atoms with Gasteiger partial charge in [-0.15, -0.1) is 0 Å². The molecule has 1 N–H and O–H groups in total. The Morgan fingerprint density at radius 1 is 0.921 bits per heavy atom. The first-order valence-electron chi connectivity index (χ1n) is 12.8. The lowest BCUT2D eigenvalue weighted by atomic mass is 9.85. The van der Waals surface area contributed by atoms with Crippen LogP contribution in [0.2, 0.25) is 10.0 Å². The molecule has 1 aliphatic carbocycles. The van der Waals surface area contributed by atoms with Crippen LogP contribution in [0.5, 0.6) is 0 Å². The molecule has 0 atom stereocenters. The quantitative estimate of drug-likeness (QED) is 0.295. The minimum atomic E-state index is -0.953. The molecule has 196 valence electrons. The highest BCUT2D eigenvalue weighted by Crippen LogP contribution is 2.42. The highest BCUT2D eigenvalue weighted by Gasteiger charge is 2.32. The number of aromatic carboxylic acids is 1. The molecule has 3 aromatic carbocycles. The van der Waals surface area contributed by atoms with Crippen molar-refractivity contribution in [2.24, 2.45) is 5.92 Å². The topological polar surface area (TPSA) is 57.6 Å². The minimum absolute atomic E-state index is 0.0591. The van der Waals surface area contributed by atoms with Gasteiger partial charge in [-0.3, -0.25) is 9.18 Å². The highest BCUT2D eigenvalue weighted by atomic mass is 35.5. The van der Waals surface area contributed by atoms with Crippen LogP contribution < -0.4 is 0 Å². The van der Waals surface area contributed by atoms with E-state index in [1.807, 2.05) is 42.5 Å². The van der Waals surface area contributed by atoms with Crippen LogP contribution in [0, 0.1) is 5.92 Å². The van der Waals surface area contributed by atoms with Crippen molar-refractivity contribution in [1.82, 2.24) is 4.90 Å². The maximum Gasteiger partial charge on any atom is 0.335 e. The summed E-state index contributed by atoms with van der Waals surface area (Å²) in [4.78, 5) is 26.8. The maximum absolute atomic E-state index is 13.1. The second-order valence-corrected chi connectivity index (χ2v) is 10.8. The van der Waals surface area contributed by atoms with Gasteiger partial charge in [0.25, 0.3) is 0 Å². The normalized spacial score (nSPS) is 16.1. The number of carbonyl (C=O) groups is 2. The number of halogens is 3. The molecule has 0 radical (unpaired) electrons. The third-order valence-corrected chi connectivity index (χ3v) is 7.99. The van der Waals surface area contributed by atoms with Crippen LogP contribution in [0.15, 0.2) is 60.7 Å². The average molecular weight is 552 g/mol. The monoisotopic (exact) mass is 551 g/mol. The van der Waals surface area contributed by atoms with Crippen molar-refractivity contribution in [3.8, 4) is 0 Å². The molecule has 0 unspecified atom stereocenters. The van der Waals surface area contributed by atoms with E-state index in [0.717, 1.165) is 52.7 Å². The first-order valence-corrected chi connectivity index (χ1v) is 13.6. The van der Waals surface area contributed by atoms with Gasteiger partial charge in [-0.2, -0.15) is 0 Å². The Morgan fingerprint density at radius 3 is 2.32 bits per heavy atom. The number of carboxylic acid groups (broad SMARTS) is 1. The number of carboxylic acids is 1. The maximum atomic E-state index is 13.1. The molecule has 2 aliphatic rings. The lowest BCUT2D eigenvalue weighted by molar-refractivity contribution is 0.0613. The van der Waals surface area contributed by atoms with Crippen molar-refractivity contribution in [3.05, 3.63) is 104 Å². The van der Waals surface area contributed by atoms with E-state index in [9.17, 15) is 19.1 Å². The van der Waals surface area contributed by atoms with Crippen LogP contribution >= 0.6 is 23.2 Å². The summed E-state index contributed by atoms with van der Waals surface area (Å²) in [6, 6.07) is 18.4. The molecule has 0 bridgehead atoms. The summed E-state index contributed by atoms with van der Waals surface area (Å²) in [5.74, 6) is -0.905. The summed E-state index contributed by atoms with van der Waals surface area (Å²) in [5, 5.41) is 10.7. The summed E-state index contributed by atoms with van der Waals surface area (Å²) >= 11 is 12.8. The third-order valence-electron chi connectivity index (χ3n) is 7.45. The van der Waals surface area contributed by atoms with E-state index in [4.69, 9.17) is 23.2 Å². The zero-order chi connectivity index (χ0) is 26.8. The lowest BCUT2D eigenvalue weighted by Crippen LogP contribution is -2.50. The number of ketones is 1. The fourth-order valence-corrected chi connectivity index (χ4v) is 6.01. The number of likely N-dealkylation sites (tertiary alicyclic amines) is 1. The first kappa shape index (κ1) is 26.6. The molecule has 1 fully saturated rings. The number of Topliss-reactive ketones (excluding diaryl/α,β-unsaturated/α-hetero) is 1. The zero-order valence-corrected chi connectivity index (χ0v) is 22.4. The molecule has 4 nitrogen and oxygen atoms in total. The fraction of sp³-hybridized carbons (Fsp3) is 0.290. The number of rotatable bonds is 8. The standard InChI is InChI=1S/C31H28Cl2FNO3/c32-24-10-12-26(28(33)16-24)27-4-1-3-21-15-22(31(37)38)9-11-25(21)29(27)19-5-7-20(8-6-19)30(36)23-17-35(18-23)14-2-13-34/h5-12,15-16,23H,1-4,13-14,17-18H2,(H,37,38). The van der Waals surface area contributed by atoms with Crippen LogP contribution in [0.25, 0.3) is 11.1 Å². The summed E-state index contributed by atoms with van der Waals surface area (Å²) in [6.07, 6.45) is 2.84. The molecule has 1 heterocycles. The van der Waals surface area contributed by atoms with Gasteiger partial charge < -0.3 is 10.0 Å². The van der Waals surface area contributed by atoms with Gasteiger partial charge in [0.15, 0.2) is 5.78 Å². The van der Waals surface area contributed by atoms with E-state index in [2.05, 4.69) is 4.90 Å². The largest absolute Gasteiger partial charge is 0.478 e.